The maximum Gasteiger partial charge on any atom is 0.0595 e. The van der Waals surface area contributed by atoms with E-state index in [-0.39, 0.29) is 12.4 Å². The van der Waals surface area contributed by atoms with Crippen LogP contribution in [-0.4, -0.2) is 6.54 Å². The molecule has 1 fully saturated rings. The third-order valence-corrected chi connectivity index (χ3v) is 7.67. The summed E-state index contributed by atoms with van der Waals surface area (Å²) in [7, 11) is 0. The highest BCUT2D eigenvalue weighted by Crippen LogP contribution is 2.45. The lowest BCUT2D eigenvalue weighted by Gasteiger charge is -2.32. The smallest absolute Gasteiger partial charge is 0.0595 e. The summed E-state index contributed by atoms with van der Waals surface area (Å²) in [5, 5.41) is 7.43. The Hall–Kier alpha value is -0.250. The fourth-order valence-electron chi connectivity index (χ4n) is 4.48. The number of thiophene rings is 1. The molecule has 1 aromatic carbocycles. The summed E-state index contributed by atoms with van der Waals surface area (Å²) in [4.78, 5) is 1.51. The van der Waals surface area contributed by atoms with Crippen molar-refractivity contribution in [2.75, 3.05) is 6.54 Å². The molecule has 1 aromatic heterocycles. The van der Waals surface area contributed by atoms with Crippen LogP contribution in [-0.2, 0) is 0 Å². The van der Waals surface area contributed by atoms with Gasteiger partial charge in [0.1, 0.15) is 0 Å². The van der Waals surface area contributed by atoms with Crippen LogP contribution in [0.25, 0.3) is 0 Å². The molecule has 0 aliphatic heterocycles. The zero-order valence-corrected chi connectivity index (χ0v) is 18.0. The van der Waals surface area contributed by atoms with Gasteiger partial charge in [-0.2, -0.15) is 0 Å². The molecule has 2 atom stereocenters. The zero-order chi connectivity index (χ0) is 17.2. The van der Waals surface area contributed by atoms with Crippen molar-refractivity contribution in [3.8, 4) is 0 Å². The highest BCUT2D eigenvalue weighted by atomic mass is 35.5. The second-order valence-corrected chi connectivity index (χ2v) is 9.27. The molecule has 26 heavy (non-hydrogen) atoms. The van der Waals surface area contributed by atoms with E-state index in [1.165, 1.54) is 67.5 Å². The summed E-state index contributed by atoms with van der Waals surface area (Å²) in [6.45, 7) is 1.18. The molecule has 4 rings (SSSR count). The molecule has 2 aliphatic rings. The van der Waals surface area contributed by atoms with Gasteiger partial charge in [0.2, 0.25) is 0 Å². The summed E-state index contributed by atoms with van der Waals surface area (Å²) in [5.74, 6) is 1.33. The molecule has 5 heteroatoms. The Morgan fingerprint density at radius 3 is 2.54 bits per heavy atom. The first-order valence-electron chi connectivity index (χ1n) is 9.48. The van der Waals surface area contributed by atoms with Crippen molar-refractivity contribution in [1.29, 1.82) is 0 Å². The van der Waals surface area contributed by atoms with E-state index in [9.17, 15) is 0 Å². The van der Waals surface area contributed by atoms with E-state index in [0.29, 0.717) is 22.0 Å². The van der Waals surface area contributed by atoms with E-state index in [4.69, 9.17) is 23.2 Å². The lowest BCUT2D eigenvalue weighted by atomic mass is 9.81. The Morgan fingerprint density at radius 1 is 0.962 bits per heavy atom. The summed E-state index contributed by atoms with van der Waals surface area (Å²) in [5.41, 5.74) is 2.80. The monoisotopic (exact) mass is 429 g/mol. The van der Waals surface area contributed by atoms with Crippen LogP contribution in [0, 0.1) is 5.92 Å². The van der Waals surface area contributed by atoms with E-state index in [1.807, 2.05) is 23.5 Å². The van der Waals surface area contributed by atoms with Gasteiger partial charge in [-0.05, 0) is 72.9 Å². The predicted molar refractivity (Wildman–Crippen MR) is 116 cm³/mol. The lowest BCUT2D eigenvalue weighted by molar-refractivity contribution is 0.318. The summed E-state index contributed by atoms with van der Waals surface area (Å²) < 4.78 is 0. The summed E-state index contributed by atoms with van der Waals surface area (Å²) in [6.07, 6.45) is 9.44. The molecule has 1 N–H and O–H groups in total. The molecule has 0 amide bonds. The van der Waals surface area contributed by atoms with Crippen LogP contribution < -0.4 is 5.32 Å². The number of fused-ring (bicyclic) bond motifs is 1. The average Bonchev–Trinajstić information content (AvgIpc) is 3.13. The van der Waals surface area contributed by atoms with Crippen molar-refractivity contribution in [2.45, 2.75) is 56.9 Å². The first-order valence-corrected chi connectivity index (χ1v) is 11.1. The standard InChI is InChI=1S/C21H25Cl2NS.ClH/c22-18-8-6-15(12-19(18)23)16-7-9-20(17-10-11-25-21(16)17)24-13-14-4-2-1-3-5-14;/h6,8,10-12,14,16,20,24H,1-5,7,9,13H2;1H. The van der Waals surface area contributed by atoms with Crippen LogP contribution in [0.1, 0.15) is 72.9 Å². The van der Waals surface area contributed by atoms with E-state index >= 15 is 0 Å². The first-order chi connectivity index (χ1) is 12.2. The second-order valence-electron chi connectivity index (χ2n) is 7.51. The molecule has 142 valence electrons. The molecule has 0 saturated heterocycles. The van der Waals surface area contributed by atoms with Gasteiger partial charge < -0.3 is 5.32 Å². The first kappa shape index (κ1) is 20.5. The van der Waals surface area contributed by atoms with E-state index in [2.05, 4.69) is 22.8 Å². The molecule has 1 saturated carbocycles. The number of hydrogen-bond acceptors (Lipinski definition) is 2. The Labute approximate surface area is 176 Å². The summed E-state index contributed by atoms with van der Waals surface area (Å²) in [6, 6.07) is 8.95. The third kappa shape index (κ3) is 4.42. The highest BCUT2D eigenvalue weighted by molar-refractivity contribution is 7.10. The van der Waals surface area contributed by atoms with Crippen molar-refractivity contribution in [3.05, 3.63) is 55.7 Å². The van der Waals surface area contributed by atoms with Gasteiger partial charge in [-0.1, -0.05) is 48.5 Å². The number of halogens is 3. The molecule has 2 aromatic rings. The number of benzene rings is 1. The van der Waals surface area contributed by atoms with Crippen LogP contribution in [0.5, 0.6) is 0 Å². The van der Waals surface area contributed by atoms with Gasteiger partial charge in [0, 0.05) is 16.8 Å². The van der Waals surface area contributed by atoms with E-state index < -0.39 is 0 Å². The third-order valence-electron chi connectivity index (χ3n) is 5.89. The van der Waals surface area contributed by atoms with Crippen LogP contribution in [0.2, 0.25) is 10.0 Å². The predicted octanol–water partition coefficient (Wildman–Crippen LogP) is 7.61. The van der Waals surface area contributed by atoms with Crippen molar-refractivity contribution >= 4 is 46.9 Å². The number of hydrogen-bond donors (Lipinski definition) is 1. The maximum absolute atomic E-state index is 6.26. The van der Waals surface area contributed by atoms with Crippen LogP contribution in [0.4, 0.5) is 0 Å². The van der Waals surface area contributed by atoms with Gasteiger partial charge >= 0.3 is 0 Å². The fraction of sp³-hybridized carbons (Fsp3) is 0.524. The molecular weight excluding hydrogens is 405 g/mol. The van der Waals surface area contributed by atoms with E-state index in [0.717, 1.165) is 5.92 Å². The zero-order valence-electron chi connectivity index (χ0n) is 14.8. The van der Waals surface area contributed by atoms with Gasteiger partial charge in [-0.25, -0.2) is 0 Å². The molecule has 0 radical (unpaired) electrons. The minimum atomic E-state index is 0. The van der Waals surface area contributed by atoms with Gasteiger partial charge in [0.15, 0.2) is 0 Å². The van der Waals surface area contributed by atoms with Crippen molar-refractivity contribution < 1.29 is 0 Å². The van der Waals surface area contributed by atoms with Gasteiger partial charge in [-0.15, -0.1) is 23.7 Å². The number of nitrogens with one attached hydrogen (secondary N) is 1. The van der Waals surface area contributed by atoms with Crippen molar-refractivity contribution in [1.82, 2.24) is 5.32 Å². The quantitative estimate of drug-likeness (QED) is 0.526. The van der Waals surface area contributed by atoms with Crippen LogP contribution in [0.3, 0.4) is 0 Å². The van der Waals surface area contributed by atoms with Crippen molar-refractivity contribution in [3.63, 3.8) is 0 Å². The Balaban J connectivity index is 0.00000196. The molecule has 1 nitrogen and oxygen atoms in total. The lowest BCUT2D eigenvalue weighted by Crippen LogP contribution is -2.31. The Kier molecular flexibility index (Phi) is 7.32. The second kappa shape index (κ2) is 9.30. The van der Waals surface area contributed by atoms with Crippen LogP contribution >= 0.6 is 46.9 Å². The van der Waals surface area contributed by atoms with Gasteiger partial charge in [0.25, 0.3) is 0 Å². The number of rotatable bonds is 4. The minimum absolute atomic E-state index is 0. The maximum atomic E-state index is 6.26. The molecule has 2 unspecified atom stereocenters. The summed E-state index contributed by atoms with van der Waals surface area (Å²) >= 11 is 14.2. The normalized spacial score (nSPS) is 23.3. The largest absolute Gasteiger partial charge is 0.310 e. The average molecular weight is 431 g/mol. The molecular formula is C21H26Cl3NS. The Bertz CT molecular complexity index is 724. The molecule has 1 heterocycles. The Morgan fingerprint density at radius 2 is 1.77 bits per heavy atom. The molecule has 2 aliphatic carbocycles. The fourth-order valence-corrected chi connectivity index (χ4v) is 5.91. The molecule has 0 spiro atoms. The SMILES string of the molecule is Cl.Clc1ccc(C2CCC(NCC3CCCCC3)c3ccsc32)cc1Cl. The van der Waals surface area contributed by atoms with Crippen LogP contribution in [0.15, 0.2) is 29.6 Å². The van der Waals surface area contributed by atoms with Gasteiger partial charge in [0.05, 0.1) is 10.0 Å². The molecule has 0 bridgehead atoms. The minimum Gasteiger partial charge on any atom is -0.310 e. The highest BCUT2D eigenvalue weighted by Gasteiger charge is 2.30. The van der Waals surface area contributed by atoms with Gasteiger partial charge in [-0.3, -0.25) is 0 Å². The van der Waals surface area contributed by atoms with Crippen molar-refractivity contribution in [2.24, 2.45) is 5.92 Å². The van der Waals surface area contributed by atoms with E-state index in [1.54, 1.807) is 0 Å². The topological polar surface area (TPSA) is 12.0 Å².